The van der Waals surface area contributed by atoms with Crippen molar-refractivity contribution in [1.82, 2.24) is 10.6 Å². The van der Waals surface area contributed by atoms with Crippen LogP contribution in [0, 0.1) is 0 Å². The Kier molecular flexibility index (Phi) is 5.40. The van der Waals surface area contributed by atoms with Gasteiger partial charge in [0.05, 0.1) is 12.7 Å². The van der Waals surface area contributed by atoms with Crippen molar-refractivity contribution in [3.63, 3.8) is 0 Å². The van der Waals surface area contributed by atoms with Gasteiger partial charge < -0.3 is 15.1 Å². The predicted molar refractivity (Wildman–Crippen MR) is 79.2 cm³/mol. The summed E-state index contributed by atoms with van der Waals surface area (Å²) in [7, 11) is 0. The number of furan rings is 1. The molecule has 1 heterocycles. The third-order valence-corrected chi connectivity index (χ3v) is 3.01. The van der Waals surface area contributed by atoms with Crippen LogP contribution >= 0.6 is 11.6 Å². The average molecular weight is 307 g/mol. The summed E-state index contributed by atoms with van der Waals surface area (Å²) in [6.07, 6.45) is 1.71. The van der Waals surface area contributed by atoms with Crippen LogP contribution in [0.1, 0.15) is 16.1 Å². The first-order valence-corrected chi connectivity index (χ1v) is 6.86. The zero-order valence-corrected chi connectivity index (χ0v) is 12.0. The van der Waals surface area contributed by atoms with Crippen LogP contribution in [0.25, 0.3) is 0 Å². The molecule has 0 unspecified atom stereocenters. The Labute approximate surface area is 127 Å². The molecule has 5 nitrogen and oxygen atoms in total. The maximum atomic E-state index is 11.7. The average Bonchev–Trinajstić information content (AvgIpc) is 3.00. The topological polar surface area (TPSA) is 71.3 Å². The van der Waals surface area contributed by atoms with E-state index < -0.39 is 0 Å². The Morgan fingerprint density at radius 1 is 1.05 bits per heavy atom. The molecule has 110 valence electrons. The van der Waals surface area contributed by atoms with E-state index in [1.165, 1.54) is 6.26 Å². The van der Waals surface area contributed by atoms with Gasteiger partial charge in [-0.15, -0.1) is 0 Å². The van der Waals surface area contributed by atoms with Crippen molar-refractivity contribution in [2.24, 2.45) is 0 Å². The number of nitrogens with one attached hydrogen (secondary N) is 2. The molecule has 0 spiro atoms. The van der Waals surface area contributed by atoms with Gasteiger partial charge in [0.1, 0.15) is 0 Å². The Morgan fingerprint density at radius 2 is 1.76 bits per heavy atom. The highest BCUT2D eigenvalue weighted by Crippen LogP contribution is 2.09. The molecule has 2 aromatic rings. The molecule has 0 atom stereocenters. The second-order valence-corrected chi connectivity index (χ2v) is 4.82. The monoisotopic (exact) mass is 306 g/mol. The van der Waals surface area contributed by atoms with Crippen molar-refractivity contribution in [2.75, 3.05) is 13.1 Å². The summed E-state index contributed by atoms with van der Waals surface area (Å²) < 4.78 is 4.95. The number of halogens is 1. The highest BCUT2D eigenvalue weighted by atomic mass is 35.5. The van der Waals surface area contributed by atoms with E-state index in [0.717, 1.165) is 5.56 Å². The van der Waals surface area contributed by atoms with Gasteiger partial charge in [0, 0.05) is 18.1 Å². The minimum Gasteiger partial charge on any atom is -0.459 e. The number of amides is 2. The van der Waals surface area contributed by atoms with Gasteiger partial charge in [0.25, 0.3) is 5.91 Å². The molecule has 2 N–H and O–H groups in total. The predicted octanol–water partition coefficient (Wildman–Crippen LogP) is 2.02. The molecule has 0 aliphatic rings. The fourth-order valence-electron chi connectivity index (χ4n) is 1.72. The fourth-order valence-corrected chi connectivity index (χ4v) is 1.85. The van der Waals surface area contributed by atoms with Crippen molar-refractivity contribution in [3.8, 4) is 0 Å². The van der Waals surface area contributed by atoms with Gasteiger partial charge in [-0.2, -0.15) is 0 Å². The van der Waals surface area contributed by atoms with Gasteiger partial charge in [0.15, 0.2) is 5.76 Å². The molecule has 2 amide bonds. The molecule has 1 aromatic heterocycles. The van der Waals surface area contributed by atoms with Crippen molar-refractivity contribution >= 4 is 23.4 Å². The summed E-state index contributed by atoms with van der Waals surface area (Å²) in [4.78, 5) is 23.2. The molecule has 0 bridgehead atoms. The van der Waals surface area contributed by atoms with Crippen LogP contribution in [0.15, 0.2) is 47.1 Å². The maximum Gasteiger partial charge on any atom is 0.287 e. The lowest BCUT2D eigenvalue weighted by Crippen LogP contribution is -2.35. The molecular formula is C15H15ClN2O3. The van der Waals surface area contributed by atoms with Crippen LogP contribution in [-0.2, 0) is 11.2 Å². The first kappa shape index (κ1) is 15.1. The maximum absolute atomic E-state index is 11.7. The summed E-state index contributed by atoms with van der Waals surface area (Å²) in [5.74, 6) is -0.154. The Hall–Kier alpha value is -2.27. The smallest absolute Gasteiger partial charge is 0.287 e. The Bertz CT molecular complexity index is 594. The highest BCUT2D eigenvalue weighted by Gasteiger charge is 2.07. The van der Waals surface area contributed by atoms with Gasteiger partial charge in [-0.3, -0.25) is 9.59 Å². The lowest BCUT2D eigenvalue weighted by molar-refractivity contribution is -0.120. The van der Waals surface area contributed by atoms with Crippen LogP contribution in [0.5, 0.6) is 0 Å². The SMILES string of the molecule is O=C(Cc1ccc(Cl)cc1)NCCNC(=O)c1ccco1. The molecule has 0 aliphatic carbocycles. The Morgan fingerprint density at radius 3 is 2.43 bits per heavy atom. The lowest BCUT2D eigenvalue weighted by atomic mass is 10.1. The first-order valence-electron chi connectivity index (χ1n) is 6.48. The summed E-state index contributed by atoms with van der Waals surface area (Å²) in [6.45, 7) is 0.699. The van der Waals surface area contributed by atoms with Crippen LogP contribution in [-0.4, -0.2) is 24.9 Å². The van der Waals surface area contributed by atoms with Gasteiger partial charge in [-0.05, 0) is 29.8 Å². The van der Waals surface area contributed by atoms with Gasteiger partial charge in [-0.25, -0.2) is 0 Å². The van der Waals surface area contributed by atoms with Crippen molar-refractivity contribution in [2.45, 2.75) is 6.42 Å². The molecule has 0 fully saturated rings. The number of carbonyl (C=O) groups is 2. The fraction of sp³-hybridized carbons (Fsp3) is 0.200. The number of hydrogen-bond donors (Lipinski definition) is 2. The lowest BCUT2D eigenvalue weighted by Gasteiger charge is -2.06. The van der Waals surface area contributed by atoms with Crippen LogP contribution in [0.2, 0.25) is 5.02 Å². The third-order valence-electron chi connectivity index (χ3n) is 2.76. The second-order valence-electron chi connectivity index (χ2n) is 4.39. The quantitative estimate of drug-likeness (QED) is 0.802. The van der Waals surface area contributed by atoms with E-state index in [0.29, 0.717) is 18.1 Å². The van der Waals surface area contributed by atoms with E-state index in [1.54, 1.807) is 36.4 Å². The summed E-state index contributed by atoms with van der Waals surface area (Å²) >= 11 is 5.77. The molecule has 1 aromatic carbocycles. The largest absolute Gasteiger partial charge is 0.459 e. The summed E-state index contributed by atoms with van der Waals surface area (Å²) in [5, 5.41) is 6.01. The van der Waals surface area contributed by atoms with Crippen molar-refractivity contribution < 1.29 is 14.0 Å². The van der Waals surface area contributed by atoms with Crippen molar-refractivity contribution in [1.29, 1.82) is 0 Å². The normalized spacial score (nSPS) is 10.1. The zero-order valence-electron chi connectivity index (χ0n) is 11.3. The van der Waals surface area contributed by atoms with Gasteiger partial charge >= 0.3 is 0 Å². The molecule has 2 rings (SSSR count). The highest BCUT2D eigenvalue weighted by molar-refractivity contribution is 6.30. The van der Waals surface area contributed by atoms with E-state index in [2.05, 4.69) is 10.6 Å². The number of hydrogen-bond acceptors (Lipinski definition) is 3. The first-order chi connectivity index (χ1) is 10.1. The third kappa shape index (κ3) is 4.96. The minimum absolute atomic E-state index is 0.107. The van der Waals surface area contributed by atoms with Gasteiger partial charge in [-0.1, -0.05) is 23.7 Å². The number of carbonyl (C=O) groups excluding carboxylic acids is 2. The number of rotatable bonds is 6. The van der Waals surface area contributed by atoms with E-state index >= 15 is 0 Å². The van der Waals surface area contributed by atoms with Crippen LogP contribution in [0.4, 0.5) is 0 Å². The second kappa shape index (κ2) is 7.50. The molecule has 21 heavy (non-hydrogen) atoms. The molecule has 6 heteroatoms. The van der Waals surface area contributed by atoms with E-state index in [9.17, 15) is 9.59 Å². The van der Waals surface area contributed by atoms with Crippen molar-refractivity contribution in [3.05, 3.63) is 59.0 Å². The molecule has 0 radical (unpaired) electrons. The van der Waals surface area contributed by atoms with Crippen LogP contribution in [0.3, 0.4) is 0 Å². The van der Waals surface area contributed by atoms with Gasteiger partial charge in [0.2, 0.25) is 5.91 Å². The summed E-state index contributed by atoms with van der Waals surface area (Å²) in [6, 6.07) is 10.3. The van der Waals surface area contributed by atoms with E-state index in [1.807, 2.05) is 0 Å². The van der Waals surface area contributed by atoms with E-state index in [4.69, 9.17) is 16.0 Å². The summed E-state index contributed by atoms with van der Waals surface area (Å²) in [5.41, 5.74) is 0.886. The zero-order chi connectivity index (χ0) is 15.1. The molecule has 0 aliphatic heterocycles. The minimum atomic E-state index is -0.299. The molecular weight excluding hydrogens is 292 g/mol. The van der Waals surface area contributed by atoms with E-state index in [-0.39, 0.29) is 24.0 Å². The number of benzene rings is 1. The Balaban J connectivity index is 1.65. The molecule has 0 saturated heterocycles. The standard InChI is InChI=1S/C15H15ClN2O3/c16-12-5-3-11(4-6-12)10-14(19)17-7-8-18-15(20)13-2-1-9-21-13/h1-6,9H,7-8,10H2,(H,17,19)(H,18,20). The molecule has 0 saturated carbocycles. The van der Waals surface area contributed by atoms with Crippen LogP contribution < -0.4 is 10.6 Å².